The minimum atomic E-state index is -0.399. The molecule has 17 heavy (non-hydrogen) atoms. The Bertz CT molecular complexity index is 350. The third-order valence-electron chi connectivity index (χ3n) is 2.06. The number of anilines is 1. The van der Waals surface area contributed by atoms with Crippen molar-refractivity contribution in [3.05, 3.63) is 17.8 Å². The van der Waals surface area contributed by atoms with E-state index in [0.29, 0.717) is 5.82 Å². The molecule has 0 atom stereocenters. The number of nitrogens with one attached hydrogen (secondary N) is 1. The van der Waals surface area contributed by atoms with Crippen molar-refractivity contribution in [2.45, 2.75) is 0 Å². The normalized spacial score (nSPS) is 10.1. The highest BCUT2D eigenvalue weighted by atomic mass is 16.3. The van der Waals surface area contributed by atoms with E-state index in [2.05, 4.69) is 15.6 Å². The van der Waals surface area contributed by atoms with Gasteiger partial charge in [0.1, 0.15) is 0 Å². The van der Waals surface area contributed by atoms with E-state index in [1.54, 1.807) is 0 Å². The Balaban J connectivity index is 2.77. The number of hydrogen-bond donors (Lipinski definition) is 4. The largest absolute Gasteiger partial charge is 0.395 e. The Labute approximate surface area is 98.0 Å². The van der Waals surface area contributed by atoms with Crippen LogP contribution in [-0.2, 0) is 0 Å². The van der Waals surface area contributed by atoms with Crippen molar-refractivity contribution in [2.24, 2.45) is 5.84 Å². The number of carbonyl (C=O) groups excluding carboxylic acids is 1. The molecule has 0 aliphatic heterocycles. The van der Waals surface area contributed by atoms with Crippen molar-refractivity contribution in [1.82, 2.24) is 15.1 Å². The maximum atomic E-state index is 11.9. The van der Waals surface area contributed by atoms with Gasteiger partial charge in [-0.15, -0.1) is 10.2 Å². The number of aromatic nitrogens is 2. The first-order chi connectivity index (χ1) is 8.22. The molecule has 8 heteroatoms. The van der Waals surface area contributed by atoms with E-state index in [4.69, 9.17) is 16.1 Å². The number of hydrogen-bond acceptors (Lipinski definition) is 7. The van der Waals surface area contributed by atoms with Crippen LogP contribution in [0.4, 0.5) is 5.82 Å². The molecule has 0 bridgehead atoms. The molecule has 1 aromatic rings. The van der Waals surface area contributed by atoms with Gasteiger partial charge >= 0.3 is 0 Å². The van der Waals surface area contributed by atoms with E-state index in [1.165, 1.54) is 17.0 Å². The zero-order chi connectivity index (χ0) is 12.7. The maximum Gasteiger partial charge on any atom is 0.274 e. The van der Waals surface area contributed by atoms with Gasteiger partial charge in [0.2, 0.25) is 0 Å². The molecule has 94 valence electrons. The van der Waals surface area contributed by atoms with Crippen molar-refractivity contribution in [3.63, 3.8) is 0 Å². The molecule has 1 amide bonds. The standard InChI is InChI=1S/C9H15N5O3/c10-11-8-2-1-7(12-13-8)9(17)14(3-5-15)4-6-16/h1-2,15-16H,3-6,10H2,(H,11,13). The van der Waals surface area contributed by atoms with Gasteiger partial charge in [-0.25, -0.2) is 5.84 Å². The van der Waals surface area contributed by atoms with Crippen molar-refractivity contribution in [3.8, 4) is 0 Å². The predicted molar refractivity (Wildman–Crippen MR) is 59.9 cm³/mol. The number of aliphatic hydroxyl groups excluding tert-OH is 2. The number of rotatable bonds is 6. The van der Waals surface area contributed by atoms with Crippen molar-refractivity contribution in [2.75, 3.05) is 31.7 Å². The van der Waals surface area contributed by atoms with Gasteiger partial charge in [0, 0.05) is 13.1 Å². The van der Waals surface area contributed by atoms with Crippen molar-refractivity contribution >= 4 is 11.7 Å². The first-order valence-electron chi connectivity index (χ1n) is 5.04. The summed E-state index contributed by atoms with van der Waals surface area (Å²) in [5, 5.41) is 25.0. The monoisotopic (exact) mass is 241 g/mol. The van der Waals surface area contributed by atoms with E-state index in [0.717, 1.165) is 0 Å². The van der Waals surface area contributed by atoms with Crippen LogP contribution in [0.2, 0.25) is 0 Å². The first kappa shape index (κ1) is 13.3. The lowest BCUT2D eigenvalue weighted by Crippen LogP contribution is -2.36. The van der Waals surface area contributed by atoms with Crippen LogP contribution in [-0.4, -0.2) is 57.5 Å². The van der Waals surface area contributed by atoms with Crippen LogP contribution in [0, 0.1) is 0 Å². The minimum absolute atomic E-state index is 0.130. The number of nitrogens with zero attached hydrogens (tertiary/aromatic N) is 3. The fraction of sp³-hybridized carbons (Fsp3) is 0.444. The molecule has 5 N–H and O–H groups in total. The van der Waals surface area contributed by atoms with Gasteiger partial charge in [0.05, 0.1) is 13.2 Å². The second kappa shape index (κ2) is 6.74. The molecule has 1 heterocycles. The van der Waals surface area contributed by atoms with Gasteiger partial charge in [-0.3, -0.25) is 4.79 Å². The molecule has 1 rings (SSSR count). The topological polar surface area (TPSA) is 125 Å². The number of aliphatic hydroxyl groups is 2. The first-order valence-corrected chi connectivity index (χ1v) is 5.04. The second-order valence-electron chi connectivity index (χ2n) is 3.19. The molecule has 0 saturated carbocycles. The second-order valence-corrected chi connectivity index (χ2v) is 3.19. The molecule has 0 aliphatic rings. The molecule has 0 spiro atoms. The molecular formula is C9H15N5O3. The van der Waals surface area contributed by atoms with Crippen LogP contribution in [0.5, 0.6) is 0 Å². The van der Waals surface area contributed by atoms with Gasteiger partial charge in [-0.05, 0) is 12.1 Å². The lowest BCUT2D eigenvalue weighted by molar-refractivity contribution is 0.0678. The lowest BCUT2D eigenvalue weighted by Gasteiger charge is -2.19. The van der Waals surface area contributed by atoms with Crippen LogP contribution in [0.25, 0.3) is 0 Å². The summed E-state index contributed by atoms with van der Waals surface area (Å²) >= 11 is 0. The van der Waals surface area contributed by atoms with Crippen molar-refractivity contribution < 1.29 is 15.0 Å². The van der Waals surface area contributed by atoms with Crippen LogP contribution in [0.15, 0.2) is 12.1 Å². The Morgan fingerprint density at radius 2 is 1.94 bits per heavy atom. The zero-order valence-corrected chi connectivity index (χ0v) is 9.20. The molecule has 0 unspecified atom stereocenters. The van der Waals surface area contributed by atoms with E-state index in [-0.39, 0.29) is 32.0 Å². The van der Waals surface area contributed by atoms with E-state index in [1.807, 2.05) is 0 Å². The molecule has 1 aromatic heterocycles. The Morgan fingerprint density at radius 3 is 2.35 bits per heavy atom. The summed E-state index contributed by atoms with van der Waals surface area (Å²) < 4.78 is 0. The summed E-state index contributed by atoms with van der Waals surface area (Å²) in [6, 6.07) is 2.97. The lowest BCUT2D eigenvalue weighted by atomic mass is 10.3. The van der Waals surface area contributed by atoms with Crippen LogP contribution < -0.4 is 11.3 Å². The molecule has 8 nitrogen and oxygen atoms in total. The molecule has 0 saturated heterocycles. The molecule has 0 aliphatic carbocycles. The number of hydrazine groups is 1. The van der Waals surface area contributed by atoms with E-state index < -0.39 is 5.91 Å². The SMILES string of the molecule is NNc1ccc(C(=O)N(CCO)CCO)nn1. The van der Waals surface area contributed by atoms with Crippen LogP contribution >= 0.6 is 0 Å². The summed E-state index contributed by atoms with van der Waals surface area (Å²) in [6.45, 7) is -0.0842. The average molecular weight is 241 g/mol. The number of carbonyl (C=O) groups is 1. The zero-order valence-electron chi connectivity index (χ0n) is 9.20. The third kappa shape index (κ3) is 3.63. The van der Waals surface area contributed by atoms with Gasteiger partial charge in [0.25, 0.3) is 5.91 Å². The number of nitrogens with two attached hydrogens (primary N) is 1. The Morgan fingerprint density at radius 1 is 1.29 bits per heavy atom. The maximum absolute atomic E-state index is 11.9. The third-order valence-corrected chi connectivity index (χ3v) is 2.06. The van der Waals surface area contributed by atoms with Crippen molar-refractivity contribution in [1.29, 1.82) is 0 Å². The highest BCUT2D eigenvalue weighted by Crippen LogP contribution is 2.03. The molecule has 0 aromatic carbocycles. The summed E-state index contributed by atoms with van der Waals surface area (Å²) in [5.41, 5.74) is 2.42. The van der Waals surface area contributed by atoms with Gasteiger partial charge < -0.3 is 20.5 Å². The summed E-state index contributed by atoms with van der Waals surface area (Å²) in [4.78, 5) is 13.2. The summed E-state index contributed by atoms with van der Waals surface area (Å²) in [5.74, 6) is 5.06. The Kier molecular flexibility index (Phi) is 5.27. The smallest absolute Gasteiger partial charge is 0.274 e. The van der Waals surface area contributed by atoms with Crippen LogP contribution in [0.1, 0.15) is 10.5 Å². The molecular weight excluding hydrogens is 226 g/mol. The molecule has 0 radical (unpaired) electrons. The van der Waals surface area contributed by atoms with E-state index >= 15 is 0 Å². The fourth-order valence-electron chi connectivity index (χ4n) is 1.24. The highest BCUT2D eigenvalue weighted by Gasteiger charge is 2.16. The highest BCUT2D eigenvalue weighted by molar-refractivity contribution is 5.92. The summed E-state index contributed by atoms with van der Waals surface area (Å²) in [6.07, 6.45) is 0. The van der Waals surface area contributed by atoms with Gasteiger partial charge in [0.15, 0.2) is 11.5 Å². The van der Waals surface area contributed by atoms with Gasteiger partial charge in [-0.1, -0.05) is 0 Å². The minimum Gasteiger partial charge on any atom is -0.395 e. The quantitative estimate of drug-likeness (QED) is 0.341. The van der Waals surface area contributed by atoms with E-state index in [9.17, 15) is 4.79 Å². The Hall–Kier alpha value is -1.77. The summed E-state index contributed by atoms with van der Waals surface area (Å²) in [7, 11) is 0. The van der Waals surface area contributed by atoms with Crippen LogP contribution in [0.3, 0.4) is 0 Å². The molecule has 0 fully saturated rings. The fourth-order valence-corrected chi connectivity index (χ4v) is 1.24. The van der Waals surface area contributed by atoms with Gasteiger partial charge in [-0.2, -0.15) is 0 Å². The predicted octanol–water partition coefficient (Wildman–Crippen LogP) is -1.81. The average Bonchev–Trinajstić information content (AvgIpc) is 2.38. The number of nitrogen functional groups attached to an aromatic ring is 1. The number of amides is 1.